The molecule has 0 radical (unpaired) electrons. The number of aliphatic imine (C=N–C) groups is 1. The Labute approximate surface area is 118 Å². The maximum absolute atomic E-state index is 13.5. The van der Waals surface area contributed by atoms with Crippen LogP contribution in [-0.4, -0.2) is 5.71 Å². The average molecular weight is 314 g/mol. The van der Waals surface area contributed by atoms with Crippen molar-refractivity contribution >= 4 is 27.3 Å². The number of benzene rings is 1. The van der Waals surface area contributed by atoms with Crippen LogP contribution in [0.3, 0.4) is 0 Å². The summed E-state index contributed by atoms with van der Waals surface area (Å²) in [5.74, 6) is -0.245. The molecule has 0 fully saturated rings. The Hall–Kier alpha value is -0.700. The van der Waals surface area contributed by atoms with Crippen LogP contribution < -0.4 is 0 Å². The number of hydrogen-bond donors (Lipinski definition) is 0. The van der Waals surface area contributed by atoms with Gasteiger partial charge >= 0.3 is 0 Å². The Kier molecular flexibility index (Phi) is 6.55. The quantitative estimate of drug-likeness (QED) is 0.574. The number of aryl methyl sites for hydroxylation is 1. The van der Waals surface area contributed by atoms with E-state index in [1.54, 1.807) is 6.07 Å². The van der Waals surface area contributed by atoms with Gasteiger partial charge in [-0.25, -0.2) is 4.39 Å². The molecule has 1 nitrogen and oxygen atoms in total. The van der Waals surface area contributed by atoms with Crippen molar-refractivity contribution in [3.05, 3.63) is 28.0 Å². The zero-order chi connectivity index (χ0) is 13.5. The van der Waals surface area contributed by atoms with Crippen molar-refractivity contribution in [2.75, 3.05) is 0 Å². The Morgan fingerprint density at radius 2 is 1.94 bits per heavy atom. The maximum Gasteiger partial charge on any atom is 0.139 e. The van der Waals surface area contributed by atoms with E-state index in [0.29, 0.717) is 4.47 Å². The van der Waals surface area contributed by atoms with Crippen LogP contribution in [0.15, 0.2) is 21.6 Å². The van der Waals surface area contributed by atoms with E-state index in [9.17, 15) is 4.39 Å². The molecular formula is C15H21BrFN. The molecule has 0 bridgehead atoms. The van der Waals surface area contributed by atoms with Gasteiger partial charge in [0.25, 0.3) is 0 Å². The first kappa shape index (κ1) is 15.4. The SMILES string of the molecule is CCCCC(CCC)=Nc1cc(F)c(Br)cc1C. The highest BCUT2D eigenvalue weighted by atomic mass is 79.9. The van der Waals surface area contributed by atoms with Crippen molar-refractivity contribution in [3.63, 3.8) is 0 Å². The molecule has 0 aliphatic carbocycles. The molecule has 0 aromatic heterocycles. The van der Waals surface area contributed by atoms with Crippen LogP contribution in [0.4, 0.5) is 10.1 Å². The van der Waals surface area contributed by atoms with Crippen LogP contribution in [0.1, 0.15) is 51.5 Å². The van der Waals surface area contributed by atoms with Crippen molar-refractivity contribution in [3.8, 4) is 0 Å². The van der Waals surface area contributed by atoms with Crippen molar-refractivity contribution in [1.29, 1.82) is 0 Å². The third-order valence-corrected chi connectivity index (χ3v) is 3.48. The Bertz CT molecular complexity index is 427. The molecule has 0 saturated carbocycles. The minimum absolute atomic E-state index is 0.245. The lowest BCUT2D eigenvalue weighted by atomic mass is 10.1. The summed E-state index contributed by atoms with van der Waals surface area (Å²) in [6, 6.07) is 3.30. The molecule has 0 heterocycles. The number of halogens is 2. The fourth-order valence-corrected chi connectivity index (χ4v) is 2.29. The van der Waals surface area contributed by atoms with E-state index in [1.165, 1.54) is 11.8 Å². The van der Waals surface area contributed by atoms with E-state index in [0.717, 1.165) is 43.4 Å². The fourth-order valence-electron chi connectivity index (χ4n) is 1.83. The largest absolute Gasteiger partial charge is 0.257 e. The third-order valence-electron chi connectivity index (χ3n) is 2.87. The molecular weight excluding hydrogens is 293 g/mol. The van der Waals surface area contributed by atoms with Gasteiger partial charge in [-0.3, -0.25) is 4.99 Å². The molecule has 0 aliphatic heterocycles. The summed E-state index contributed by atoms with van der Waals surface area (Å²) in [6.07, 6.45) is 5.41. The Balaban J connectivity index is 2.99. The number of hydrogen-bond acceptors (Lipinski definition) is 1. The second-order valence-corrected chi connectivity index (χ2v) is 5.44. The predicted octanol–water partition coefficient (Wildman–Crippen LogP) is 5.96. The topological polar surface area (TPSA) is 12.4 Å². The summed E-state index contributed by atoms with van der Waals surface area (Å²) in [5, 5.41) is 0. The molecule has 0 atom stereocenters. The van der Waals surface area contributed by atoms with Crippen LogP contribution in [0, 0.1) is 12.7 Å². The first-order valence-electron chi connectivity index (χ1n) is 6.60. The van der Waals surface area contributed by atoms with Gasteiger partial charge in [-0.05, 0) is 53.7 Å². The van der Waals surface area contributed by atoms with Gasteiger partial charge in [0.15, 0.2) is 0 Å². The highest BCUT2D eigenvalue weighted by Gasteiger charge is 2.06. The summed E-state index contributed by atoms with van der Waals surface area (Å²) < 4.78 is 14.0. The second-order valence-electron chi connectivity index (χ2n) is 4.58. The first-order chi connectivity index (χ1) is 8.58. The lowest BCUT2D eigenvalue weighted by Gasteiger charge is -2.07. The molecule has 0 N–H and O–H groups in total. The number of unbranched alkanes of at least 4 members (excludes halogenated alkanes) is 1. The van der Waals surface area contributed by atoms with Gasteiger partial charge < -0.3 is 0 Å². The molecule has 3 heteroatoms. The Morgan fingerprint density at radius 1 is 1.22 bits per heavy atom. The molecule has 0 spiro atoms. The maximum atomic E-state index is 13.5. The number of nitrogens with zero attached hydrogens (tertiary/aromatic N) is 1. The van der Waals surface area contributed by atoms with Gasteiger partial charge in [-0.1, -0.05) is 26.7 Å². The normalized spacial score (nSPS) is 11.9. The van der Waals surface area contributed by atoms with Gasteiger partial charge in [0.2, 0.25) is 0 Å². The van der Waals surface area contributed by atoms with E-state index in [1.807, 2.05) is 6.92 Å². The molecule has 1 aromatic carbocycles. The van der Waals surface area contributed by atoms with E-state index in [4.69, 9.17) is 0 Å². The monoisotopic (exact) mass is 313 g/mol. The van der Waals surface area contributed by atoms with Gasteiger partial charge in [-0.15, -0.1) is 0 Å². The highest BCUT2D eigenvalue weighted by molar-refractivity contribution is 9.10. The van der Waals surface area contributed by atoms with E-state index in [-0.39, 0.29) is 5.82 Å². The van der Waals surface area contributed by atoms with Crippen molar-refractivity contribution in [2.24, 2.45) is 4.99 Å². The fraction of sp³-hybridized carbons (Fsp3) is 0.533. The van der Waals surface area contributed by atoms with Crippen LogP contribution in [0.25, 0.3) is 0 Å². The Morgan fingerprint density at radius 3 is 2.56 bits per heavy atom. The molecule has 0 aliphatic rings. The minimum Gasteiger partial charge on any atom is -0.257 e. The van der Waals surface area contributed by atoms with Gasteiger partial charge in [-0.2, -0.15) is 0 Å². The minimum atomic E-state index is -0.245. The van der Waals surface area contributed by atoms with E-state index < -0.39 is 0 Å². The molecule has 100 valence electrons. The van der Waals surface area contributed by atoms with Crippen LogP contribution in [0.5, 0.6) is 0 Å². The standard InChI is InChI=1S/C15H21BrFN/c1-4-6-8-12(7-5-2)18-15-10-14(17)13(16)9-11(15)3/h9-10H,4-8H2,1-3H3. The first-order valence-corrected chi connectivity index (χ1v) is 7.39. The van der Waals surface area contributed by atoms with Crippen molar-refractivity contribution in [1.82, 2.24) is 0 Å². The predicted molar refractivity (Wildman–Crippen MR) is 80.4 cm³/mol. The lowest BCUT2D eigenvalue weighted by Crippen LogP contribution is -1.97. The zero-order valence-electron chi connectivity index (χ0n) is 11.4. The van der Waals surface area contributed by atoms with Crippen molar-refractivity contribution in [2.45, 2.75) is 52.9 Å². The molecule has 0 unspecified atom stereocenters. The highest BCUT2D eigenvalue weighted by Crippen LogP contribution is 2.27. The van der Waals surface area contributed by atoms with Crippen LogP contribution >= 0.6 is 15.9 Å². The lowest BCUT2D eigenvalue weighted by molar-refractivity contribution is 0.621. The third kappa shape index (κ3) is 4.52. The summed E-state index contributed by atoms with van der Waals surface area (Å²) in [6.45, 7) is 6.29. The summed E-state index contributed by atoms with van der Waals surface area (Å²) in [5.41, 5.74) is 2.95. The number of rotatable bonds is 6. The summed E-state index contributed by atoms with van der Waals surface area (Å²) in [4.78, 5) is 4.64. The summed E-state index contributed by atoms with van der Waals surface area (Å²) >= 11 is 3.20. The van der Waals surface area contributed by atoms with Crippen molar-refractivity contribution < 1.29 is 4.39 Å². The summed E-state index contributed by atoms with van der Waals surface area (Å²) in [7, 11) is 0. The molecule has 18 heavy (non-hydrogen) atoms. The average Bonchev–Trinajstić information content (AvgIpc) is 2.33. The molecule has 0 saturated heterocycles. The van der Waals surface area contributed by atoms with Crippen LogP contribution in [-0.2, 0) is 0 Å². The zero-order valence-corrected chi connectivity index (χ0v) is 13.0. The van der Waals surface area contributed by atoms with E-state index in [2.05, 4.69) is 34.8 Å². The van der Waals surface area contributed by atoms with E-state index >= 15 is 0 Å². The van der Waals surface area contributed by atoms with Gasteiger partial charge in [0, 0.05) is 11.8 Å². The van der Waals surface area contributed by atoms with Gasteiger partial charge in [0.05, 0.1) is 10.2 Å². The van der Waals surface area contributed by atoms with Gasteiger partial charge in [0.1, 0.15) is 5.82 Å². The molecule has 1 rings (SSSR count). The second kappa shape index (κ2) is 7.67. The smallest absolute Gasteiger partial charge is 0.139 e. The van der Waals surface area contributed by atoms with Crippen LogP contribution in [0.2, 0.25) is 0 Å². The molecule has 1 aromatic rings. The molecule has 0 amide bonds.